The van der Waals surface area contributed by atoms with Gasteiger partial charge in [-0.2, -0.15) is 0 Å². The molecule has 0 atom stereocenters. The zero-order valence-electron chi connectivity index (χ0n) is 11.1. The van der Waals surface area contributed by atoms with Crippen molar-refractivity contribution in [2.75, 3.05) is 6.61 Å². The van der Waals surface area contributed by atoms with E-state index < -0.39 is 40.7 Å². The van der Waals surface area contributed by atoms with Gasteiger partial charge < -0.3 is 9.47 Å². The summed E-state index contributed by atoms with van der Waals surface area (Å²) in [5, 5.41) is 10.9. The van der Waals surface area contributed by atoms with E-state index in [2.05, 4.69) is 14.5 Å². The quantitative estimate of drug-likeness (QED) is 0.471. The predicted octanol–water partition coefficient (Wildman–Crippen LogP) is 2.30. The van der Waals surface area contributed by atoms with Crippen LogP contribution in [0, 0.1) is 17.0 Å². The van der Waals surface area contributed by atoms with Gasteiger partial charge in [-0.05, 0) is 13.8 Å². The summed E-state index contributed by atoms with van der Waals surface area (Å²) in [4.78, 5) is 24.8. The predicted molar refractivity (Wildman–Crippen MR) is 62.6 cm³/mol. The molecule has 0 N–H and O–H groups in total. The fraction of sp³-hybridized carbons (Fsp3) is 0.455. The highest BCUT2D eigenvalue weighted by Crippen LogP contribution is 2.34. The molecule has 0 aliphatic heterocycles. The fourth-order valence-corrected chi connectivity index (χ4v) is 1.56. The molecule has 0 fully saturated rings. The molecule has 1 rings (SSSR count). The van der Waals surface area contributed by atoms with Gasteiger partial charge in [0.1, 0.15) is 6.20 Å². The largest absolute Gasteiger partial charge is 0.573 e. The van der Waals surface area contributed by atoms with Gasteiger partial charge in [-0.15, -0.1) is 13.2 Å². The fourth-order valence-electron chi connectivity index (χ4n) is 1.56. The van der Waals surface area contributed by atoms with E-state index in [1.807, 2.05) is 0 Å². The number of aromatic nitrogens is 1. The molecule has 0 aromatic carbocycles. The Kier molecular flexibility index (Phi) is 5.06. The molecule has 0 spiro atoms. The monoisotopic (exact) mass is 308 g/mol. The third-order valence-electron chi connectivity index (χ3n) is 2.33. The minimum absolute atomic E-state index is 0.00778. The lowest BCUT2D eigenvalue weighted by Crippen LogP contribution is -2.21. The molecule has 0 aliphatic carbocycles. The smallest absolute Gasteiger partial charge is 0.466 e. The second kappa shape index (κ2) is 6.37. The average Bonchev–Trinajstić information content (AvgIpc) is 2.32. The first-order valence-corrected chi connectivity index (χ1v) is 5.70. The van der Waals surface area contributed by atoms with Gasteiger partial charge >= 0.3 is 12.3 Å². The number of rotatable bonds is 5. The van der Waals surface area contributed by atoms with Crippen LogP contribution in [0.1, 0.15) is 18.2 Å². The molecule has 10 heteroatoms. The summed E-state index contributed by atoms with van der Waals surface area (Å²) >= 11 is 0. The molecule has 0 saturated carbocycles. The average molecular weight is 308 g/mol. The van der Waals surface area contributed by atoms with E-state index >= 15 is 0 Å². The number of aryl methyl sites for hydroxylation is 1. The van der Waals surface area contributed by atoms with Crippen molar-refractivity contribution < 1.29 is 32.4 Å². The molecule has 1 heterocycles. The second-order valence-corrected chi connectivity index (χ2v) is 3.82. The van der Waals surface area contributed by atoms with Crippen molar-refractivity contribution in [3.63, 3.8) is 0 Å². The van der Waals surface area contributed by atoms with E-state index in [9.17, 15) is 28.1 Å². The molecule has 0 amide bonds. The SMILES string of the molecule is CCOC(=O)Cc1c([N+](=O)[O-])cnc(C)c1OC(F)(F)F. The van der Waals surface area contributed by atoms with Crippen molar-refractivity contribution in [1.82, 2.24) is 4.98 Å². The van der Waals surface area contributed by atoms with Crippen LogP contribution in [0.5, 0.6) is 5.75 Å². The van der Waals surface area contributed by atoms with Crippen LogP contribution in [-0.4, -0.2) is 28.8 Å². The van der Waals surface area contributed by atoms with Crippen molar-refractivity contribution >= 4 is 11.7 Å². The van der Waals surface area contributed by atoms with Crippen molar-refractivity contribution in [2.45, 2.75) is 26.6 Å². The number of nitrogens with zero attached hydrogens (tertiary/aromatic N) is 2. The van der Waals surface area contributed by atoms with E-state index in [1.165, 1.54) is 13.8 Å². The molecule has 7 nitrogen and oxygen atoms in total. The Labute approximate surface area is 116 Å². The van der Waals surface area contributed by atoms with Gasteiger partial charge in [-0.25, -0.2) is 0 Å². The summed E-state index contributed by atoms with van der Waals surface area (Å²) in [5.41, 5.74) is -1.49. The highest BCUT2D eigenvalue weighted by molar-refractivity contribution is 5.75. The summed E-state index contributed by atoms with van der Waals surface area (Å²) in [6.07, 6.45) is -5.02. The van der Waals surface area contributed by atoms with Crippen molar-refractivity contribution in [1.29, 1.82) is 0 Å². The summed E-state index contributed by atoms with van der Waals surface area (Å²) in [7, 11) is 0. The lowest BCUT2D eigenvalue weighted by Gasteiger charge is -2.14. The molecule has 0 unspecified atom stereocenters. The number of hydrogen-bond acceptors (Lipinski definition) is 6. The number of carbonyl (C=O) groups excluding carboxylic acids is 1. The zero-order chi connectivity index (χ0) is 16.2. The molecule has 0 bridgehead atoms. The summed E-state index contributed by atoms with van der Waals surface area (Å²) in [6.45, 7) is 2.67. The van der Waals surface area contributed by atoms with Crippen LogP contribution in [0.3, 0.4) is 0 Å². The third kappa shape index (κ3) is 4.58. The molecule has 21 heavy (non-hydrogen) atoms. The third-order valence-corrected chi connectivity index (χ3v) is 2.33. The van der Waals surface area contributed by atoms with Crippen LogP contribution < -0.4 is 4.74 Å². The number of carbonyl (C=O) groups is 1. The van der Waals surface area contributed by atoms with E-state index in [0.717, 1.165) is 6.20 Å². The number of alkyl halides is 3. The Morgan fingerprint density at radius 1 is 1.48 bits per heavy atom. The first kappa shape index (κ1) is 16.7. The number of halogens is 3. The maximum Gasteiger partial charge on any atom is 0.573 e. The highest BCUT2D eigenvalue weighted by Gasteiger charge is 2.36. The van der Waals surface area contributed by atoms with Gasteiger partial charge in [-0.3, -0.25) is 19.9 Å². The van der Waals surface area contributed by atoms with Gasteiger partial charge in [0.05, 0.1) is 29.2 Å². The van der Waals surface area contributed by atoms with Crippen LogP contribution in [0.4, 0.5) is 18.9 Å². The van der Waals surface area contributed by atoms with Gasteiger partial charge in [-0.1, -0.05) is 0 Å². The number of nitro groups is 1. The molecule has 1 aromatic heterocycles. The maximum atomic E-state index is 12.4. The maximum absolute atomic E-state index is 12.4. The van der Waals surface area contributed by atoms with Crippen LogP contribution in [0.15, 0.2) is 6.20 Å². The lowest BCUT2D eigenvalue weighted by molar-refractivity contribution is -0.386. The second-order valence-electron chi connectivity index (χ2n) is 3.82. The Bertz CT molecular complexity index is 560. The van der Waals surface area contributed by atoms with Crippen molar-refractivity contribution in [3.8, 4) is 5.75 Å². The molecular weight excluding hydrogens is 297 g/mol. The van der Waals surface area contributed by atoms with Crippen LogP contribution in [0.25, 0.3) is 0 Å². The Morgan fingerprint density at radius 2 is 2.10 bits per heavy atom. The Hall–Kier alpha value is -2.39. The number of esters is 1. The summed E-state index contributed by atoms with van der Waals surface area (Å²) in [5.74, 6) is -1.76. The molecule has 1 aromatic rings. The highest BCUT2D eigenvalue weighted by atomic mass is 19.4. The van der Waals surface area contributed by atoms with Crippen molar-refractivity contribution in [2.24, 2.45) is 0 Å². The van der Waals surface area contributed by atoms with Gasteiger partial charge in [0.15, 0.2) is 5.75 Å². The van der Waals surface area contributed by atoms with E-state index in [0.29, 0.717) is 0 Å². The van der Waals surface area contributed by atoms with Gasteiger partial charge in [0.25, 0.3) is 5.69 Å². The first-order chi connectivity index (χ1) is 9.65. The molecule has 0 radical (unpaired) electrons. The molecular formula is C11H11F3N2O5. The molecule has 0 aliphatic rings. The number of ether oxygens (including phenoxy) is 2. The topological polar surface area (TPSA) is 91.6 Å². The summed E-state index contributed by atoms with van der Waals surface area (Å²) in [6, 6.07) is 0. The first-order valence-electron chi connectivity index (χ1n) is 5.70. The zero-order valence-corrected chi connectivity index (χ0v) is 11.1. The van der Waals surface area contributed by atoms with E-state index in [1.54, 1.807) is 0 Å². The number of hydrogen-bond donors (Lipinski definition) is 0. The Morgan fingerprint density at radius 3 is 2.57 bits per heavy atom. The van der Waals surface area contributed by atoms with E-state index in [-0.39, 0.29) is 12.3 Å². The number of pyridine rings is 1. The minimum atomic E-state index is -5.06. The standard InChI is InChI=1S/C11H11F3N2O5/c1-3-20-9(17)4-7-8(16(18)19)5-15-6(2)10(7)21-11(12,13)14/h5H,3-4H2,1-2H3. The van der Waals surface area contributed by atoms with Crippen molar-refractivity contribution in [3.05, 3.63) is 27.6 Å². The van der Waals surface area contributed by atoms with Crippen LogP contribution in [-0.2, 0) is 16.0 Å². The lowest BCUT2D eigenvalue weighted by atomic mass is 10.1. The molecule has 116 valence electrons. The van der Waals surface area contributed by atoms with E-state index in [4.69, 9.17) is 0 Å². The van der Waals surface area contributed by atoms with Gasteiger partial charge in [0, 0.05) is 0 Å². The summed E-state index contributed by atoms with van der Waals surface area (Å²) < 4.78 is 45.5. The normalized spacial score (nSPS) is 11.1. The van der Waals surface area contributed by atoms with Crippen LogP contribution in [0.2, 0.25) is 0 Å². The minimum Gasteiger partial charge on any atom is -0.466 e. The van der Waals surface area contributed by atoms with Gasteiger partial charge in [0.2, 0.25) is 0 Å². The van der Waals surface area contributed by atoms with Crippen LogP contribution >= 0.6 is 0 Å². The molecule has 0 saturated heterocycles. The Balaban J connectivity index is 3.34.